The zero-order valence-electron chi connectivity index (χ0n) is 16.6. The van der Waals surface area contributed by atoms with Crippen LogP contribution in [0.2, 0.25) is 0 Å². The molecule has 2 amide bonds. The van der Waals surface area contributed by atoms with E-state index in [0.717, 1.165) is 24.7 Å². The molecule has 2 heterocycles. The van der Waals surface area contributed by atoms with E-state index in [1.54, 1.807) is 0 Å². The van der Waals surface area contributed by atoms with Crippen LogP contribution in [0.1, 0.15) is 42.6 Å². The molecule has 1 aromatic carbocycles. The second-order valence-corrected chi connectivity index (χ2v) is 11.0. The Bertz CT molecular complexity index is 1190. The topological polar surface area (TPSA) is 121 Å². The number of hydrogen-bond donors (Lipinski definition) is 3. The van der Waals surface area contributed by atoms with E-state index in [-0.39, 0.29) is 38.7 Å². The van der Waals surface area contributed by atoms with Crippen LogP contribution in [0.15, 0.2) is 27.6 Å². The van der Waals surface area contributed by atoms with E-state index in [4.69, 9.17) is 0 Å². The lowest BCUT2D eigenvalue weighted by atomic mass is 9.68. The lowest BCUT2D eigenvalue weighted by Crippen LogP contribution is -2.49. The maximum Gasteiger partial charge on any atom is 0.272 e. The van der Waals surface area contributed by atoms with Gasteiger partial charge >= 0.3 is 0 Å². The first-order chi connectivity index (χ1) is 14.7. The Hall–Kier alpha value is -2.27. The highest BCUT2D eigenvalue weighted by atomic mass is 79.9. The molecule has 4 rings (SSSR count). The minimum absolute atomic E-state index is 0.0742. The first kappa shape index (κ1) is 21.9. The van der Waals surface area contributed by atoms with Crippen molar-refractivity contribution in [1.29, 1.82) is 0 Å². The number of carbonyl (C=O) groups is 2. The van der Waals surface area contributed by atoms with Crippen molar-refractivity contribution < 1.29 is 22.4 Å². The number of hydrogen-bond acceptors (Lipinski definition) is 5. The molecule has 1 aliphatic heterocycles. The van der Waals surface area contributed by atoms with E-state index in [2.05, 4.69) is 36.8 Å². The lowest BCUT2D eigenvalue weighted by molar-refractivity contribution is -0.118. The first-order valence-corrected chi connectivity index (χ1v) is 12.5. The van der Waals surface area contributed by atoms with Crippen molar-refractivity contribution >= 4 is 48.5 Å². The fourth-order valence-electron chi connectivity index (χ4n) is 3.98. The van der Waals surface area contributed by atoms with E-state index >= 15 is 0 Å². The fraction of sp³-hybridized carbons (Fsp3) is 0.450. The highest BCUT2D eigenvalue weighted by molar-refractivity contribution is 9.10. The molecule has 0 saturated heterocycles. The third-order valence-electron chi connectivity index (χ3n) is 5.97. The van der Waals surface area contributed by atoms with Gasteiger partial charge in [0.2, 0.25) is 5.91 Å². The molecule has 1 aromatic heterocycles. The van der Waals surface area contributed by atoms with Crippen molar-refractivity contribution in [3.63, 3.8) is 0 Å². The van der Waals surface area contributed by atoms with Crippen LogP contribution in [-0.4, -0.2) is 49.3 Å². The van der Waals surface area contributed by atoms with Gasteiger partial charge in [-0.2, -0.15) is 5.10 Å². The highest BCUT2D eigenvalue weighted by Gasteiger charge is 2.38. The summed E-state index contributed by atoms with van der Waals surface area (Å²) in [5, 5.41) is 14.0. The number of fused-ring (bicyclic) bond motifs is 1. The van der Waals surface area contributed by atoms with Gasteiger partial charge in [-0.15, -0.1) is 0 Å². The summed E-state index contributed by atoms with van der Waals surface area (Å²) >= 11 is 3.12. The summed E-state index contributed by atoms with van der Waals surface area (Å²) in [5.74, 6) is -1.13. The molecule has 1 saturated carbocycles. The summed E-state index contributed by atoms with van der Waals surface area (Å²) in [4.78, 5) is 25.1. The van der Waals surface area contributed by atoms with Gasteiger partial charge in [0.05, 0.1) is 15.7 Å². The Balaban J connectivity index is 1.39. The number of nitrogens with one attached hydrogen (secondary N) is 3. The molecule has 166 valence electrons. The van der Waals surface area contributed by atoms with Gasteiger partial charge in [-0.1, -0.05) is 6.42 Å². The summed E-state index contributed by atoms with van der Waals surface area (Å²) in [7, 11) is -3.31. The van der Waals surface area contributed by atoms with Crippen LogP contribution in [0.3, 0.4) is 0 Å². The normalized spacial score (nSPS) is 19.4. The zero-order chi connectivity index (χ0) is 22.2. The molecule has 0 spiro atoms. The van der Waals surface area contributed by atoms with Gasteiger partial charge < -0.3 is 10.6 Å². The largest absolute Gasteiger partial charge is 0.352 e. The van der Waals surface area contributed by atoms with Gasteiger partial charge in [0.1, 0.15) is 5.82 Å². The van der Waals surface area contributed by atoms with E-state index in [0.29, 0.717) is 36.8 Å². The molecule has 0 unspecified atom stereocenters. The molecule has 0 bridgehead atoms. The number of benzene rings is 1. The van der Waals surface area contributed by atoms with Gasteiger partial charge in [0.15, 0.2) is 15.5 Å². The molecule has 31 heavy (non-hydrogen) atoms. The summed E-state index contributed by atoms with van der Waals surface area (Å²) in [6.45, 7) is 0.696. The summed E-state index contributed by atoms with van der Waals surface area (Å²) in [5.41, 5.74) is 0.600. The van der Waals surface area contributed by atoms with Crippen LogP contribution < -0.4 is 10.6 Å². The monoisotopic (exact) mass is 512 g/mol. The summed E-state index contributed by atoms with van der Waals surface area (Å²) < 4.78 is 37.4. The predicted molar refractivity (Wildman–Crippen MR) is 116 cm³/mol. The van der Waals surface area contributed by atoms with Crippen molar-refractivity contribution in [2.75, 3.05) is 18.8 Å². The Morgan fingerprint density at radius 1 is 1.16 bits per heavy atom. The number of sulfone groups is 1. The molecule has 1 aliphatic carbocycles. The van der Waals surface area contributed by atoms with Gasteiger partial charge in [-0.05, 0) is 47.7 Å². The average Bonchev–Trinajstić information content (AvgIpc) is 3.08. The number of amides is 2. The van der Waals surface area contributed by atoms with Crippen molar-refractivity contribution in [2.45, 2.75) is 32.1 Å². The average molecular weight is 513 g/mol. The van der Waals surface area contributed by atoms with Crippen molar-refractivity contribution in [3.8, 4) is 0 Å². The molecular formula is C20H22BrFN4O4S. The quantitative estimate of drug-likeness (QED) is 0.549. The summed E-state index contributed by atoms with van der Waals surface area (Å²) in [6.07, 6.45) is 3.55. The number of aromatic nitrogens is 2. The van der Waals surface area contributed by atoms with E-state index in [9.17, 15) is 22.4 Å². The Labute approximate surface area is 187 Å². The van der Waals surface area contributed by atoms with Crippen LogP contribution in [0.5, 0.6) is 0 Å². The van der Waals surface area contributed by atoms with Crippen molar-refractivity contribution in [3.05, 3.63) is 39.1 Å². The van der Waals surface area contributed by atoms with E-state index < -0.39 is 15.7 Å². The van der Waals surface area contributed by atoms with Crippen LogP contribution in [-0.2, 0) is 14.6 Å². The fourth-order valence-corrected chi connectivity index (χ4v) is 5.64. The maximum atomic E-state index is 13.7. The Morgan fingerprint density at radius 2 is 1.87 bits per heavy atom. The zero-order valence-corrected chi connectivity index (χ0v) is 19.0. The number of rotatable bonds is 6. The highest BCUT2D eigenvalue weighted by Crippen LogP contribution is 2.40. The van der Waals surface area contributed by atoms with Crippen LogP contribution in [0.25, 0.3) is 10.9 Å². The molecule has 11 heteroatoms. The smallest absolute Gasteiger partial charge is 0.272 e. The SMILES string of the molecule is O=C(NCC1(CNC(=O)c2n[nH]c3cc(F)c(Br)cc23)CCC1)C1=CS(=O)(=O)CCC1. The number of H-pyrrole nitrogens is 1. The van der Waals surface area contributed by atoms with Gasteiger partial charge in [0, 0.05) is 40.9 Å². The van der Waals surface area contributed by atoms with Crippen molar-refractivity contribution in [1.82, 2.24) is 20.8 Å². The molecule has 2 aliphatic rings. The number of carbonyl (C=O) groups excluding carboxylic acids is 2. The van der Waals surface area contributed by atoms with Gasteiger partial charge in [-0.25, -0.2) is 12.8 Å². The molecular weight excluding hydrogens is 491 g/mol. The molecule has 1 fully saturated rings. The van der Waals surface area contributed by atoms with Gasteiger partial charge in [-0.3, -0.25) is 14.7 Å². The molecule has 2 aromatic rings. The summed E-state index contributed by atoms with van der Waals surface area (Å²) in [6, 6.07) is 2.78. The second kappa shape index (κ2) is 8.34. The van der Waals surface area contributed by atoms with E-state index in [1.165, 1.54) is 12.1 Å². The predicted octanol–water partition coefficient (Wildman–Crippen LogP) is 2.57. The second-order valence-electron chi connectivity index (χ2n) is 8.22. The maximum absolute atomic E-state index is 13.7. The first-order valence-electron chi connectivity index (χ1n) is 10.0. The number of halogens is 2. The van der Waals surface area contributed by atoms with E-state index in [1.807, 2.05) is 0 Å². The molecule has 0 atom stereocenters. The lowest BCUT2D eigenvalue weighted by Gasteiger charge is -2.42. The third kappa shape index (κ3) is 4.67. The molecule has 0 radical (unpaired) electrons. The van der Waals surface area contributed by atoms with Crippen LogP contribution in [0.4, 0.5) is 4.39 Å². The van der Waals surface area contributed by atoms with Gasteiger partial charge in [0.25, 0.3) is 5.91 Å². The number of nitrogens with zero attached hydrogens (tertiary/aromatic N) is 1. The Kier molecular flexibility index (Phi) is 5.91. The minimum atomic E-state index is -3.31. The minimum Gasteiger partial charge on any atom is -0.352 e. The van der Waals surface area contributed by atoms with Crippen molar-refractivity contribution in [2.24, 2.45) is 5.41 Å². The van der Waals surface area contributed by atoms with Crippen LogP contribution in [0, 0.1) is 11.2 Å². The Morgan fingerprint density at radius 3 is 2.52 bits per heavy atom. The molecule has 8 nitrogen and oxygen atoms in total. The third-order valence-corrected chi connectivity index (χ3v) is 8.08. The van der Waals surface area contributed by atoms with Crippen LogP contribution >= 0.6 is 15.9 Å². The number of aromatic amines is 1. The molecule has 3 N–H and O–H groups in total. The standard InChI is InChI=1S/C20H22BrFN4O4S/c21-14-7-13-16(8-15(14)22)25-26-17(13)19(28)24-11-20(4-2-5-20)10-23-18(27)12-3-1-6-31(29,30)9-12/h7-9H,1-6,10-11H2,(H,23,27)(H,24,28)(H,25,26).